The van der Waals surface area contributed by atoms with Crippen LogP contribution in [0.4, 0.5) is 4.39 Å². The molecule has 2 rings (SSSR count). The van der Waals surface area contributed by atoms with Crippen LogP contribution in [-0.2, 0) is 33.9 Å². The molecule has 0 aliphatic carbocycles. The SMILES string of the molecule is COC(=O)CCNC(=O)[C@@H]1C[C@H](OC(C)=O)CN1S(=O)(=O)c1ccc(F)cc1. The Labute approximate surface area is 161 Å². The number of hydrogen-bond donors (Lipinski definition) is 1. The lowest BCUT2D eigenvalue weighted by Crippen LogP contribution is -2.46. The van der Waals surface area contributed by atoms with Gasteiger partial charge in [-0.2, -0.15) is 4.31 Å². The summed E-state index contributed by atoms with van der Waals surface area (Å²) in [7, 11) is -2.93. The molecule has 0 bridgehead atoms. The van der Waals surface area contributed by atoms with Gasteiger partial charge in [0, 0.05) is 19.9 Å². The Morgan fingerprint density at radius 3 is 2.46 bits per heavy atom. The molecule has 1 amide bonds. The number of sulfonamides is 1. The van der Waals surface area contributed by atoms with Crippen LogP contribution in [-0.4, -0.2) is 62.9 Å². The molecule has 28 heavy (non-hydrogen) atoms. The number of nitrogens with one attached hydrogen (secondary N) is 1. The lowest BCUT2D eigenvalue weighted by molar-refractivity contribution is -0.146. The number of ether oxygens (including phenoxy) is 2. The molecule has 0 spiro atoms. The minimum absolute atomic E-state index is 0.0370. The summed E-state index contributed by atoms with van der Waals surface area (Å²) in [4.78, 5) is 34.7. The molecule has 11 heteroatoms. The Morgan fingerprint density at radius 2 is 1.89 bits per heavy atom. The molecule has 0 aromatic heterocycles. The molecule has 1 aliphatic rings. The number of hydrogen-bond acceptors (Lipinski definition) is 7. The van der Waals surface area contributed by atoms with Gasteiger partial charge in [0.25, 0.3) is 0 Å². The van der Waals surface area contributed by atoms with Crippen LogP contribution in [0.5, 0.6) is 0 Å². The zero-order valence-corrected chi connectivity index (χ0v) is 16.2. The molecule has 1 heterocycles. The minimum atomic E-state index is -4.14. The molecule has 2 atom stereocenters. The Balaban J connectivity index is 2.21. The summed E-state index contributed by atoms with van der Waals surface area (Å²) in [6.07, 6.45) is -0.916. The van der Waals surface area contributed by atoms with Crippen LogP contribution in [0.1, 0.15) is 19.8 Å². The van der Waals surface area contributed by atoms with Crippen molar-refractivity contribution < 1.29 is 36.7 Å². The molecule has 1 fully saturated rings. The zero-order valence-electron chi connectivity index (χ0n) is 15.4. The highest BCUT2D eigenvalue weighted by molar-refractivity contribution is 7.89. The molecule has 1 N–H and O–H groups in total. The van der Waals surface area contributed by atoms with E-state index in [2.05, 4.69) is 10.1 Å². The number of nitrogens with zero attached hydrogens (tertiary/aromatic N) is 1. The molecule has 1 aromatic carbocycles. The molecule has 1 aromatic rings. The quantitative estimate of drug-likeness (QED) is 0.631. The molecular weight excluding hydrogens is 395 g/mol. The fourth-order valence-corrected chi connectivity index (χ4v) is 4.47. The predicted molar refractivity (Wildman–Crippen MR) is 93.9 cm³/mol. The highest BCUT2D eigenvalue weighted by Gasteiger charge is 2.45. The van der Waals surface area contributed by atoms with Crippen molar-refractivity contribution in [3.05, 3.63) is 30.1 Å². The third-order valence-electron chi connectivity index (χ3n) is 4.13. The second-order valence-corrected chi connectivity index (χ2v) is 8.02. The van der Waals surface area contributed by atoms with Crippen LogP contribution in [0.15, 0.2) is 29.2 Å². The van der Waals surface area contributed by atoms with Crippen LogP contribution in [0.25, 0.3) is 0 Å². The topological polar surface area (TPSA) is 119 Å². The van der Waals surface area contributed by atoms with Crippen LogP contribution < -0.4 is 5.32 Å². The van der Waals surface area contributed by atoms with Crippen LogP contribution in [0, 0.1) is 5.82 Å². The largest absolute Gasteiger partial charge is 0.469 e. The summed E-state index contributed by atoms with van der Waals surface area (Å²) in [6, 6.07) is 3.04. The van der Waals surface area contributed by atoms with Gasteiger partial charge in [-0.25, -0.2) is 12.8 Å². The van der Waals surface area contributed by atoms with Gasteiger partial charge in [-0.05, 0) is 24.3 Å². The molecule has 0 saturated carbocycles. The lowest BCUT2D eigenvalue weighted by Gasteiger charge is -2.23. The Kier molecular flexibility index (Phi) is 7.08. The van der Waals surface area contributed by atoms with Gasteiger partial charge >= 0.3 is 11.9 Å². The first-order valence-corrected chi connectivity index (χ1v) is 9.88. The van der Waals surface area contributed by atoms with Crippen molar-refractivity contribution in [1.82, 2.24) is 9.62 Å². The van der Waals surface area contributed by atoms with Gasteiger partial charge in [0.05, 0.1) is 25.0 Å². The maximum absolute atomic E-state index is 13.1. The monoisotopic (exact) mass is 416 g/mol. The maximum atomic E-state index is 13.1. The van der Waals surface area contributed by atoms with Gasteiger partial charge in [-0.1, -0.05) is 0 Å². The Morgan fingerprint density at radius 1 is 1.25 bits per heavy atom. The van der Waals surface area contributed by atoms with Crippen molar-refractivity contribution >= 4 is 27.9 Å². The average Bonchev–Trinajstić information content (AvgIpc) is 3.05. The van der Waals surface area contributed by atoms with Gasteiger partial charge < -0.3 is 14.8 Å². The third-order valence-corrected chi connectivity index (χ3v) is 6.02. The third kappa shape index (κ3) is 5.26. The van der Waals surface area contributed by atoms with E-state index in [9.17, 15) is 27.2 Å². The predicted octanol–water partition coefficient (Wildman–Crippen LogP) is 0.200. The standard InChI is InChI=1S/C17H21FN2O7S/c1-11(21)27-13-9-15(17(23)19-8-7-16(22)26-2)20(10-13)28(24,25)14-5-3-12(18)4-6-14/h3-6,13,15H,7-10H2,1-2H3,(H,19,23)/t13-,15-/m0/s1. The summed E-state index contributed by atoms with van der Waals surface area (Å²) in [5, 5.41) is 2.48. The van der Waals surface area contributed by atoms with E-state index in [0.717, 1.165) is 28.6 Å². The summed E-state index contributed by atoms with van der Waals surface area (Å²) in [5.74, 6) is -2.37. The number of halogens is 1. The van der Waals surface area contributed by atoms with Gasteiger partial charge in [0.1, 0.15) is 18.0 Å². The number of carbonyl (C=O) groups is 3. The molecule has 154 valence electrons. The molecule has 0 unspecified atom stereocenters. The van der Waals surface area contributed by atoms with Gasteiger partial charge in [-0.15, -0.1) is 0 Å². The first-order valence-electron chi connectivity index (χ1n) is 8.44. The van der Waals surface area contributed by atoms with Crippen LogP contribution in [0.2, 0.25) is 0 Å². The van der Waals surface area contributed by atoms with E-state index < -0.39 is 45.8 Å². The molecular formula is C17H21FN2O7S. The van der Waals surface area contributed by atoms with Gasteiger partial charge in [0.15, 0.2) is 0 Å². The number of carbonyl (C=O) groups excluding carboxylic acids is 3. The van der Waals surface area contributed by atoms with E-state index in [0.29, 0.717) is 0 Å². The number of rotatable bonds is 7. The summed E-state index contributed by atoms with van der Waals surface area (Å²) in [5.41, 5.74) is 0. The summed E-state index contributed by atoms with van der Waals surface area (Å²) in [6.45, 7) is 0.932. The first kappa shape index (κ1) is 21.8. The van der Waals surface area contributed by atoms with Gasteiger partial charge in [-0.3, -0.25) is 14.4 Å². The van der Waals surface area contributed by atoms with Crippen LogP contribution in [0.3, 0.4) is 0 Å². The fraction of sp³-hybridized carbons (Fsp3) is 0.471. The van der Waals surface area contributed by atoms with E-state index >= 15 is 0 Å². The van der Waals surface area contributed by atoms with Crippen molar-refractivity contribution in [2.45, 2.75) is 36.8 Å². The molecule has 9 nitrogen and oxygen atoms in total. The second kappa shape index (κ2) is 9.11. The van der Waals surface area contributed by atoms with Crippen LogP contribution >= 0.6 is 0 Å². The second-order valence-electron chi connectivity index (χ2n) is 6.13. The van der Waals surface area contributed by atoms with E-state index in [1.807, 2.05) is 0 Å². The average molecular weight is 416 g/mol. The zero-order chi connectivity index (χ0) is 20.9. The first-order chi connectivity index (χ1) is 13.1. The number of benzene rings is 1. The molecule has 1 aliphatic heterocycles. The highest BCUT2D eigenvalue weighted by Crippen LogP contribution is 2.28. The van der Waals surface area contributed by atoms with Crippen molar-refractivity contribution in [3.63, 3.8) is 0 Å². The Hall–Kier alpha value is -2.53. The highest BCUT2D eigenvalue weighted by atomic mass is 32.2. The normalized spacial score (nSPS) is 19.8. The van der Waals surface area contributed by atoms with Gasteiger partial charge in [0.2, 0.25) is 15.9 Å². The fourth-order valence-electron chi connectivity index (χ4n) is 2.84. The van der Waals surface area contributed by atoms with Crippen molar-refractivity contribution in [3.8, 4) is 0 Å². The minimum Gasteiger partial charge on any atom is -0.469 e. The summed E-state index contributed by atoms with van der Waals surface area (Å²) >= 11 is 0. The smallest absolute Gasteiger partial charge is 0.307 e. The summed E-state index contributed by atoms with van der Waals surface area (Å²) < 4.78 is 49.5. The Bertz CT molecular complexity index is 842. The molecule has 0 radical (unpaired) electrons. The van der Waals surface area contributed by atoms with Crippen molar-refractivity contribution in [2.75, 3.05) is 20.2 Å². The molecule has 1 saturated heterocycles. The number of esters is 2. The maximum Gasteiger partial charge on any atom is 0.307 e. The number of amides is 1. The van der Waals surface area contributed by atoms with E-state index in [4.69, 9.17) is 4.74 Å². The van der Waals surface area contributed by atoms with Crippen molar-refractivity contribution in [2.24, 2.45) is 0 Å². The van der Waals surface area contributed by atoms with E-state index in [1.165, 1.54) is 14.0 Å². The van der Waals surface area contributed by atoms with E-state index in [1.54, 1.807) is 0 Å². The van der Waals surface area contributed by atoms with Crippen molar-refractivity contribution in [1.29, 1.82) is 0 Å². The number of methoxy groups -OCH3 is 1. The van der Waals surface area contributed by atoms with E-state index in [-0.39, 0.29) is 30.8 Å². The lowest BCUT2D eigenvalue weighted by atomic mass is 10.2.